The predicted octanol–water partition coefficient (Wildman–Crippen LogP) is 6.96. The molecule has 8 nitrogen and oxygen atoms in total. The van der Waals surface area contributed by atoms with Crippen LogP contribution >= 0.6 is 23.2 Å². The maximum Gasteiger partial charge on any atom is 0.254 e. The van der Waals surface area contributed by atoms with Gasteiger partial charge in [0, 0.05) is 30.1 Å². The van der Waals surface area contributed by atoms with Gasteiger partial charge in [-0.25, -0.2) is 18.4 Å². The lowest BCUT2D eigenvalue weighted by molar-refractivity contribution is 0.443. The van der Waals surface area contributed by atoms with Crippen molar-refractivity contribution in [3.8, 4) is 28.1 Å². The Kier molecular flexibility index (Phi) is 7.74. The standard InChI is InChI=1S/C30H25Cl2F2N7O/c1-17-3-2-4-25(23-11-18(9-10-35-23)20-12-19(33)5-7-22(20)36-14-17)40-16-37-24(13-28(40)42)29-26(8-6-21(31)30(29)34)41-15-27(32)38-39-41/h5-13,15-17,25,36H,2-4,14H2,1H3. The van der Waals surface area contributed by atoms with Crippen molar-refractivity contribution in [1.29, 1.82) is 0 Å². The number of nitrogens with zero attached hydrogens (tertiary/aromatic N) is 6. The van der Waals surface area contributed by atoms with Crippen molar-refractivity contribution >= 4 is 28.9 Å². The van der Waals surface area contributed by atoms with E-state index in [9.17, 15) is 9.18 Å². The van der Waals surface area contributed by atoms with E-state index in [1.54, 1.807) is 18.3 Å². The zero-order valence-corrected chi connectivity index (χ0v) is 23.9. The summed E-state index contributed by atoms with van der Waals surface area (Å²) in [4.78, 5) is 22.8. The topological polar surface area (TPSA) is 90.5 Å². The van der Waals surface area contributed by atoms with Gasteiger partial charge in [0.25, 0.3) is 5.56 Å². The Morgan fingerprint density at radius 2 is 1.88 bits per heavy atom. The summed E-state index contributed by atoms with van der Waals surface area (Å²) in [6, 6.07) is 12.1. The van der Waals surface area contributed by atoms with Crippen LogP contribution in [0, 0.1) is 17.6 Å². The number of nitrogens with one attached hydrogen (secondary N) is 1. The molecular weight excluding hydrogens is 583 g/mol. The molecule has 0 aliphatic carbocycles. The Labute approximate surface area is 250 Å². The van der Waals surface area contributed by atoms with Crippen LogP contribution in [0.25, 0.3) is 28.1 Å². The summed E-state index contributed by atoms with van der Waals surface area (Å²) in [7, 11) is 0. The number of anilines is 1. The average Bonchev–Trinajstić information content (AvgIpc) is 3.42. The summed E-state index contributed by atoms with van der Waals surface area (Å²) >= 11 is 12.0. The van der Waals surface area contributed by atoms with E-state index in [1.165, 1.54) is 46.0 Å². The average molecular weight is 608 g/mol. The first-order valence-electron chi connectivity index (χ1n) is 13.4. The van der Waals surface area contributed by atoms with Crippen LogP contribution in [0.5, 0.6) is 0 Å². The van der Waals surface area contributed by atoms with Crippen LogP contribution in [0.2, 0.25) is 10.2 Å². The second-order valence-electron chi connectivity index (χ2n) is 10.4. The van der Waals surface area contributed by atoms with Gasteiger partial charge in [-0.2, -0.15) is 0 Å². The molecule has 2 bridgehead atoms. The van der Waals surface area contributed by atoms with Gasteiger partial charge in [0.1, 0.15) is 5.82 Å². The van der Waals surface area contributed by atoms with Crippen molar-refractivity contribution in [2.45, 2.75) is 32.2 Å². The Bertz CT molecular complexity index is 1840. The minimum absolute atomic E-state index is 0.00732. The molecule has 0 spiro atoms. The largest absolute Gasteiger partial charge is 0.384 e. The van der Waals surface area contributed by atoms with Gasteiger partial charge >= 0.3 is 0 Å². The van der Waals surface area contributed by atoms with Crippen molar-refractivity contribution in [3.05, 3.63) is 105 Å². The van der Waals surface area contributed by atoms with Gasteiger partial charge in [-0.3, -0.25) is 14.3 Å². The van der Waals surface area contributed by atoms with Crippen molar-refractivity contribution in [2.75, 3.05) is 11.9 Å². The summed E-state index contributed by atoms with van der Waals surface area (Å²) in [6.45, 7) is 2.87. The summed E-state index contributed by atoms with van der Waals surface area (Å²) in [6.07, 6.45) is 6.82. The summed E-state index contributed by atoms with van der Waals surface area (Å²) < 4.78 is 32.5. The monoisotopic (exact) mass is 607 g/mol. The lowest BCUT2D eigenvalue weighted by atomic mass is 9.95. The predicted molar refractivity (Wildman–Crippen MR) is 158 cm³/mol. The van der Waals surface area contributed by atoms with E-state index in [1.807, 2.05) is 12.1 Å². The highest BCUT2D eigenvalue weighted by molar-refractivity contribution is 6.31. The number of benzene rings is 2. The second kappa shape index (κ2) is 11.6. The Hall–Kier alpha value is -4.15. The Morgan fingerprint density at radius 1 is 1.02 bits per heavy atom. The first kappa shape index (κ1) is 28.0. The first-order valence-corrected chi connectivity index (χ1v) is 14.2. The molecule has 0 fully saturated rings. The number of hydrogen-bond donors (Lipinski definition) is 1. The quantitative estimate of drug-likeness (QED) is 0.238. The van der Waals surface area contributed by atoms with Gasteiger partial charge in [-0.15, -0.1) is 5.10 Å². The number of halogens is 4. The Morgan fingerprint density at radius 3 is 2.67 bits per heavy atom. The molecule has 0 saturated carbocycles. The molecule has 5 aromatic rings. The molecule has 12 heteroatoms. The van der Waals surface area contributed by atoms with Crippen LogP contribution in [-0.4, -0.2) is 36.1 Å². The highest BCUT2D eigenvalue weighted by Crippen LogP contribution is 2.34. The molecule has 1 aliphatic heterocycles. The maximum absolute atomic E-state index is 15.4. The van der Waals surface area contributed by atoms with E-state index in [-0.39, 0.29) is 32.9 Å². The van der Waals surface area contributed by atoms with Gasteiger partial charge in [0.05, 0.1) is 46.2 Å². The third-order valence-corrected chi connectivity index (χ3v) is 7.91. The maximum atomic E-state index is 15.4. The van der Waals surface area contributed by atoms with E-state index in [0.29, 0.717) is 23.6 Å². The first-order chi connectivity index (χ1) is 20.3. The SMILES string of the molecule is CC1CCCC(n2cnc(-c3c(-n4cc(Cl)nn4)ccc(Cl)c3F)cc2=O)c2cc(ccn2)-c2cc(F)ccc2NC1. The number of rotatable bonds is 3. The third kappa shape index (κ3) is 5.52. The fourth-order valence-corrected chi connectivity index (χ4v) is 5.58. The molecule has 214 valence electrons. The molecule has 1 N–H and O–H groups in total. The van der Waals surface area contributed by atoms with Gasteiger partial charge < -0.3 is 5.32 Å². The van der Waals surface area contributed by atoms with E-state index >= 15 is 4.39 Å². The number of aromatic nitrogens is 6. The van der Waals surface area contributed by atoms with Crippen molar-refractivity contribution in [1.82, 2.24) is 29.5 Å². The highest BCUT2D eigenvalue weighted by atomic mass is 35.5. The van der Waals surface area contributed by atoms with Gasteiger partial charge in [0.15, 0.2) is 11.0 Å². The van der Waals surface area contributed by atoms with E-state index in [0.717, 1.165) is 30.6 Å². The van der Waals surface area contributed by atoms with E-state index in [4.69, 9.17) is 23.2 Å². The number of hydrogen-bond acceptors (Lipinski definition) is 6. The molecule has 42 heavy (non-hydrogen) atoms. The fraction of sp³-hybridized carbons (Fsp3) is 0.233. The molecule has 6 rings (SSSR count). The summed E-state index contributed by atoms with van der Waals surface area (Å²) in [5.41, 5.74) is 2.90. The van der Waals surface area contributed by atoms with Crippen LogP contribution in [0.1, 0.15) is 37.9 Å². The van der Waals surface area contributed by atoms with Gasteiger partial charge in [-0.05, 0) is 66.8 Å². The molecule has 2 unspecified atom stereocenters. The number of fused-ring (bicyclic) bond motifs is 4. The van der Waals surface area contributed by atoms with Crippen LogP contribution in [-0.2, 0) is 0 Å². The van der Waals surface area contributed by atoms with Crippen LogP contribution < -0.4 is 10.9 Å². The zero-order valence-electron chi connectivity index (χ0n) is 22.4. The molecular formula is C30H25Cl2F2N7O. The normalized spacial score (nSPS) is 17.1. The van der Waals surface area contributed by atoms with E-state index < -0.39 is 17.4 Å². The lowest BCUT2D eigenvalue weighted by Crippen LogP contribution is -2.26. The summed E-state index contributed by atoms with van der Waals surface area (Å²) in [5.74, 6) is -0.761. The molecule has 0 amide bonds. The Balaban J connectivity index is 1.45. The van der Waals surface area contributed by atoms with Crippen LogP contribution in [0.4, 0.5) is 14.5 Å². The zero-order chi connectivity index (χ0) is 29.4. The van der Waals surface area contributed by atoms with E-state index in [2.05, 4.69) is 32.5 Å². The third-order valence-electron chi connectivity index (χ3n) is 7.44. The molecule has 4 heterocycles. The molecule has 3 aromatic heterocycles. The second-order valence-corrected chi connectivity index (χ2v) is 11.1. The van der Waals surface area contributed by atoms with Gasteiger partial charge in [0.2, 0.25) is 0 Å². The lowest BCUT2D eigenvalue weighted by Gasteiger charge is -2.23. The molecule has 2 atom stereocenters. The van der Waals surface area contributed by atoms with Crippen LogP contribution in [0.3, 0.4) is 0 Å². The smallest absolute Gasteiger partial charge is 0.254 e. The molecule has 1 aliphatic rings. The molecule has 2 aromatic carbocycles. The highest BCUT2D eigenvalue weighted by Gasteiger charge is 2.23. The molecule has 0 saturated heterocycles. The number of pyridine rings is 1. The minimum atomic E-state index is -0.751. The minimum Gasteiger partial charge on any atom is -0.384 e. The molecule has 0 radical (unpaired) electrons. The van der Waals surface area contributed by atoms with Crippen molar-refractivity contribution in [3.63, 3.8) is 0 Å². The van der Waals surface area contributed by atoms with Gasteiger partial charge in [-0.1, -0.05) is 41.8 Å². The fourth-order valence-electron chi connectivity index (χ4n) is 5.30. The van der Waals surface area contributed by atoms with Crippen molar-refractivity contribution < 1.29 is 8.78 Å². The van der Waals surface area contributed by atoms with Crippen LogP contribution in [0.15, 0.2) is 72.0 Å². The summed E-state index contributed by atoms with van der Waals surface area (Å²) in [5, 5.41) is 11.1. The van der Waals surface area contributed by atoms with Crippen molar-refractivity contribution in [2.24, 2.45) is 5.92 Å².